The topological polar surface area (TPSA) is 119 Å². The first-order chi connectivity index (χ1) is 11.8. The number of hydrogen-bond acceptors (Lipinski definition) is 6. The maximum Gasteiger partial charge on any atom is 0.331 e. The van der Waals surface area contributed by atoms with Gasteiger partial charge in [-0.3, -0.25) is 18.8 Å². The van der Waals surface area contributed by atoms with Gasteiger partial charge in [-0.2, -0.15) is 5.10 Å². The van der Waals surface area contributed by atoms with Gasteiger partial charge in [0.15, 0.2) is 5.54 Å². The third-order valence-electron chi connectivity index (χ3n) is 3.73. The number of carbonyl (C=O) groups excluding carboxylic acids is 1. The molecule has 0 aliphatic rings. The zero-order valence-corrected chi connectivity index (χ0v) is 14.3. The predicted octanol–water partition coefficient (Wildman–Crippen LogP) is 1.11. The molecule has 0 saturated carbocycles. The van der Waals surface area contributed by atoms with Crippen LogP contribution in [0, 0.1) is 0 Å². The molecule has 0 atom stereocenters. The third-order valence-corrected chi connectivity index (χ3v) is 4.55. The molecule has 25 heavy (non-hydrogen) atoms. The zero-order valence-electron chi connectivity index (χ0n) is 13.5. The molecule has 3 heterocycles. The number of fused-ring (bicyclic) bond motifs is 1. The fourth-order valence-electron chi connectivity index (χ4n) is 2.15. The van der Waals surface area contributed by atoms with Crippen LogP contribution in [0.1, 0.15) is 13.8 Å². The summed E-state index contributed by atoms with van der Waals surface area (Å²) < 4.78 is 2.46. The Morgan fingerprint density at radius 1 is 1.40 bits per heavy atom. The molecular formula is C15H15N5O4S. The van der Waals surface area contributed by atoms with Crippen LogP contribution in [-0.2, 0) is 21.7 Å². The summed E-state index contributed by atoms with van der Waals surface area (Å²) in [6.45, 7) is 2.79. The Kier molecular flexibility index (Phi) is 4.13. The lowest BCUT2D eigenvalue weighted by Gasteiger charge is -2.19. The molecule has 0 bridgehead atoms. The molecule has 0 spiro atoms. The van der Waals surface area contributed by atoms with Crippen LogP contribution in [0.15, 0.2) is 35.0 Å². The molecule has 0 fully saturated rings. The molecule has 9 nitrogen and oxygen atoms in total. The zero-order chi connectivity index (χ0) is 18.2. The molecule has 0 aliphatic carbocycles. The standard InChI is InChI=1S/C15H15N5O4S/c1-15(2,14(23)24)20-6-9(5-17-20)18-11(21)7-19-8-16-12-10(13(19)22)3-4-25-12/h3-6,8H,7H2,1-2H3,(H,18,21)(H,23,24). The predicted molar refractivity (Wildman–Crippen MR) is 91.7 cm³/mol. The Bertz CT molecular complexity index is 1020. The van der Waals surface area contributed by atoms with Crippen molar-refractivity contribution in [3.63, 3.8) is 0 Å². The second-order valence-corrected chi connectivity index (χ2v) is 6.80. The molecule has 0 radical (unpaired) electrons. The summed E-state index contributed by atoms with van der Waals surface area (Å²) in [5.74, 6) is -1.48. The van der Waals surface area contributed by atoms with E-state index in [1.165, 1.54) is 53.2 Å². The van der Waals surface area contributed by atoms with Crippen molar-refractivity contribution in [1.82, 2.24) is 19.3 Å². The molecule has 0 saturated heterocycles. The Labute approximate surface area is 145 Å². The van der Waals surface area contributed by atoms with E-state index in [1.807, 2.05) is 0 Å². The normalized spacial score (nSPS) is 11.6. The van der Waals surface area contributed by atoms with Gasteiger partial charge in [0.25, 0.3) is 5.56 Å². The van der Waals surface area contributed by atoms with Crippen LogP contribution in [-0.4, -0.2) is 36.3 Å². The summed E-state index contributed by atoms with van der Waals surface area (Å²) in [7, 11) is 0. The lowest BCUT2D eigenvalue weighted by atomic mass is 10.1. The van der Waals surface area contributed by atoms with Gasteiger partial charge in [-0.1, -0.05) is 0 Å². The number of carboxylic acids is 1. The maximum atomic E-state index is 12.3. The summed E-state index contributed by atoms with van der Waals surface area (Å²) >= 11 is 1.36. The Morgan fingerprint density at radius 3 is 2.88 bits per heavy atom. The van der Waals surface area contributed by atoms with Crippen LogP contribution in [0.5, 0.6) is 0 Å². The number of carboxylic acid groups (broad SMARTS) is 1. The van der Waals surface area contributed by atoms with Crippen LogP contribution >= 0.6 is 11.3 Å². The van der Waals surface area contributed by atoms with E-state index in [1.54, 1.807) is 11.4 Å². The minimum atomic E-state index is -1.24. The van der Waals surface area contributed by atoms with Gasteiger partial charge in [-0.15, -0.1) is 11.3 Å². The van der Waals surface area contributed by atoms with E-state index >= 15 is 0 Å². The summed E-state index contributed by atoms with van der Waals surface area (Å²) in [4.78, 5) is 40.4. The van der Waals surface area contributed by atoms with Gasteiger partial charge in [0, 0.05) is 6.20 Å². The average molecular weight is 361 g/mol. The third kappa shape index (κ3) is 3.15. The summed E-state index contributed by atoms with van der Waals surface area (Å²) in [6, 6.07) is 1.67. The first-order valence-electron chi connectivity index (χ1n) is 7.30. The minimum absolute atomic E-state index is 0.203. The Morgan fingerprint density at radius 2 is 2.16 bits per heavy atom. The molecular weight excluding hydrogens is 346 g/mol. The molecule has 3 rings (SSSR count). The van der Waals surface area contributed by atoms with Crippen molar-refractivity contribution in [2.24, 2.45) is 0 Å². The van der Waals surface area contributed by atoms with E-state index in [-0.39, 0.29) is 12.1 Å². The van der Waals surface area contributed by atoms with Crippen LogP contribution in [0.3, 0.4) is 0 Å². The smallest absolute Gasteiger partial charge is 0.331 e. The minimum Gasteiger partial charge on any atom is -0.479 e. The van der Waals surface area contributed by atoms with Gasteiger partial charge in [-0.25, -0.2) is 9.78 Å². The number of carbonyl (C=O) groups is 2. The fraction of sp³-hybridized carbons (Fsp3) is 0.267. The van der Waals surface area contributed by atoms with Crippen LogP contribution in [0.25, 0.3) is 10.2 Å². The summed E-state index contributed by atoms with van der Waals surface area (Å²) in [5.41, 5.74) is -1.19. The molecule has 3 aromatic rings. The van der Waals surface area contributed by atoms with Gasteiger partial charge in [0.1, 0.15) is 11.4 Å². The van der Waals surface area contributed by atoms with Crippen molar-refractivity contribution in [2.45, 2.75) is 25.9 Å². The second kappa shape index (κ2) is 6.13. The number of hydrogen-bond donors (Lipinski definition) is 2. The van der Waals surface area contributed by atoms with E-state index in [4.69, 9.17) is 0 Å². The summed E-state index contributed by atoms with van der Waals surface area (Å²) in [6.07, 6.45) is 4.11. The number of aromatic nitrogens is 4. The highest BCUT2D eigenvalue weighted by Crippen LogP contribution is 2.17. The first kappa shape index (κ1) is 16.8. The number of amides is 1. The summed E-state index contributed by atoms with van der Waals surface area (Å²) in [5, 5.41) is 18.0. The van der Waals surface area contributed by atoms with Crippen LogP contribution in [0.2, 0.25) is 0 Å². The lowest BCUT2D eigenvalue weighted by Crippen LogP contribution is -2.36. The molecule has 0 unspecified atom stereocenters. The van der Waals surface area contributed by atoms with Gasteiger partial charge in [-0.05, 0) is 25.3 Å². The van der Waals surface area contributed by atoms with Gasteiger partial charge >= 0.3 is 5.97 Å². The molecule has 10 heteroatoms. The fourth-order valence-corrected chi connectivity index (χ4v) is 2.88. The number of nitrogens with zero attached hydrogens (tertiary/aromatic N) is 4. The number of thiophene rings is 1. The van der Waals surface area contributed by atoms with Crippen molar-refractivity contribution in [3.8, 4) is 0 Å². The van der Waals surface area contributed by atoms with E-state index in [0.717, 1.165) is 0 Å². The quantitative estimate of drug-likeness (QED) is 0.703. The average Bonchev–Trinajstić information content (AvgIpc) is 3.19. The molecule has 1 amide bonds. The molecule has 0 aromatic carbocycles. The highest BCUT2D eigenvalue weighted by molar-refractivity contribution is 7.16. The number of rotatable bonds is 5. The Hall–Kier alpha value is -3.01. The van der Waals surface area contributed by atoms with E-state index in [0.29, 0.717) is 15.9 Å². The SMILES string of the molecule is CC(C)(C(=O)O)n1cc(NC(=O)Cn2cnc3sccc3c2=O)cn1. The van der Waals surface area contributed by atoms with E-state index < -0.39 is 17.4 Å². The van der Waals surface area contributed by atoms with Gasteiger partial charge in [0.2, 0.25) is 5.91 Å². The monoisotopic (exact) mass is 361 g/mol. The van der Waals surface area contributed by atoms with Crippen molar-refractivity contribution in [2.75, 3.05) is 5.32 Å². The van der Waals surface area contributed by atoms with Crippen molar-refractivity contribution < 1.29 is 14.7 Å². The van der Waals surface area contributed by atoms with E-state index in [9.17, 15) is 19.5 Å². The largest absolute Gasteiger partial charge is 0.479 e. The number of aliphatic carboxylic acids is 1. The van der Waals surface area contributed by atoms with E-state index in [2.05, 4.69) is 15.4 Å². The van der Waals surface area contributed by atoms with Crippen molar-refractivity contribution in [3.05, 3.63) is 40.5 Å². The maximum absolute atomic E-state index is 12.3. The highest BCUT2D eigenvalue weighted by atomic mass is 32.1. The lowest BCUT2D eigenvalue weighted by molar-refractivity contribution is -0.146. The molecule has 0 aliphatic heterocycles. The number of anilines is 1. The second-order valence-electron chi connectivity index (χ2n) is 5.90. The molecule has 130 valence electrons. The highest BCUT2D eigenvalue weighted by Gasteiger charge is 2.30. The molecule has 3 aromatic heterocycles. The molecule has 2 N–H and O–H groups in total. The van der Waals surface area contributed by atoms with Gasteiger partial charge < -0.3 is 10.4 Å². The van der Waals surface area contributed by atoms with Crippen LogP contribution < -0.4 is 10.9 Å². The number of nitrogens with one attached hydrogen (secondary N) is 1. The first-order valence-corrected chi connectivity index (χ1v) is 8.18. The van der Waals surface area contributed by atoms with Crippen LogP contribution in [0.4, 0.5) is 5.69 Å². The van der Waals surface area contributed by atoms with Crippen molar-refractivity contribution in [1.29, 1.82) is 0 Å². The Balaban J connectivity index is 1.74. The van der Waals surface area contributed by atoms with Gasteiger partial charge in [0.05, 0.1) is 23.6 Å². The van der Waals surface area contributed by atoms with Crippen molar-refractivity contribution >= 4 is 39.1 Å².